The van der Waals surface area contributed by atoms with Gasteiger partial charge in [0.1, 0.15) is 16.1 Å². The molecule has 0 atom stereocenters. The van der Waals surface area contributed by atoms with E-state index in [9.17, 15) is 0 Å². The average Bonchev–Trinajstić information content (AvgIpc) is 1.60. The molecule has 9 aromatic rings. The monoisotopic (exact) mass is 1240 g/mol. The fraction of sp³-hybridized carbons (Fsp3) is 0.302. The van der Waals surface area contributed by atoms with E-state index in [1.165, 1.54) is 11.1 Å². The van der Waals surface area contributed by atoms with Crippen molar-refractivity contribution in [2.24, 2.45) is 0 Å². The highest BCUT2D eigenvalue weighted by Crippen LogP contribution is 2.44. The van der Waals surface area contributed by atoms with Crippen LogP contribution in [0.15, 0.2) is 170 Å². The maximum absolute atomic E-state index is 5.71. The van der Waals surface area contributed by atoms with E-state index in [0.717, 1.165) is 123 Å². The Bertz CT molecular complexity index is 4210. The summed E-state index contributed by atoms with van der Waals surface area (Å²) in [7, 11) is -3.75. The fourth-order valence-electron chi connectivity index (χ4n) is 15.1. The Hall–Kier alpha value is -8.53. The van der Waals surface area contributed by atoms with Gasteiger partial charge in [0, 0.05) is 55.4 Å². The van der Waals surface area contributed by atoms with Crippen molar-refractivity contribution in [3.05, 3.63) is 215 Å². The largest absolute Gasteiger partial charge is 0.354 e. The summed E-state index contributed by atoms with van der Waals surface area (Å²) in [5.41, 5.74) is 36.4. The molecular formula is C86H94N4Si2. The minimum absolute atomic E-state index is 0.00444. The summed E-state index contributed by atoms with van der Waals surface area (Å²) < 4.78 is 0. The molecular weight excluding hydrogens is 1150 g/mol. The molecule has 92 heavy (non-hydrogen) atoms. The van der Waals surface area contributed by atoms with Crippen LogP contribution in [0, 0.1) is 22.9 Å². The lowest BCUT2D eigenvalue weighted by molar-refractivity contribution is 0.590. The van der Waals surface area contributed by atoms with Crippen LogP contribution < -0.4 is 0 Å². The Balaban J connectivity index is 1.10. The summed E-state index contributed by atoms with van der Waals surface area (Å²) >= 11 is 0. The van der Waals surface area contributed by atoms with Crippen LogP contribution in [0.4, 0.5) is 0 Å². The highest BCUT2D eigenvalue weighted by molar-refractivity contribution is 6.91. The molecule has 4 nitrogen and oxygen atoms in total. The summed E-state index contributed by atoms with van der Waals surface area (Å²) in [6.07, 6.45) is 8.77. The van der Waals surface area contributed by atoms with Crippen LogP contribution in [-0.2, 0) is 10.8 Å². The number of hydrogen-bond acceptors (Lipinski definition) is 2. The minimum atomic E-state index is -1.87. The molecule has 8 bridgehead atoms. The number of benzene rings is 6. The van der Waals surface area contributed by atoms with Gasteiger partial charge in [-0.05, 0) is 173 Å². The zero-order chi connectivity index (χ0) is 65.6. The number of hydrogen-bond donors (Lipinski definition) is 2. The summed E-state index contributed by atoms with van der Waals surface area (Å²) in [6, 6.07) is 62.7. The first-order valence-corrected chi connectivity index (χ1v) is 38.1. The number of aromatic nitrogens is 4. The van der Waals surface area contributed by atoms with E-state index in [4.69, 9.17) is 9.97 Å². The summed E-state index contributed by atoms with van der Waals surface area (Å²) in [5.74, 6) is 7.33. The second-order valence-electron chi connectivity index (χ2n) is 29.8. The number of rotatable bonds is 12. The van der Waals surface area contributed by atoms with Crippen molar-refractivity contribution in [2.45, 2.75) is 169 Å². The quantitative estimate of drug-likeness (QED) is 0.0946. The Morgan fingerprint density at radius 1 is 0.283 bits per heavy atom. The van der Waals surface area contributed by atoms with Gasteiger partial charge in [0.05, 0.1) is 22.8 Å². The summed E-state index contributed by atoms with van der Waals surface area (Å²) in [5, 5.41) is 0. The van der Waals surface area contributed by atoms with Crippen LogP contribution in [-0.4, -0.2) is 36.1 Å². The third-order valence-electron chi connectivity index (χ3n) is 20.2. The molecule has 0 saturated heterocycles. The highest BCUT2D eigenvalue weighted by Gasteiger charge is 2.43. The Kier molecular flexibility index (Phi) is 18.3. The first-order valence-electron chi connectivity index (χ1n) is 33.6. The molecule has 0 unspecified atom stereocenters. The molecule has 0 saturated carbocycles. The van der Waals surface area contributed by atoms with Gasteiger partial charge in [-0.1, -0.05) is 258 Å². The Morgan fingerprint density at radius 3 is 0.707 bits per heavy atom. The lowest BCUT2D eigenvalue weighted by Gasteiger charge is -2.38. The van der Waals surface area contributed by atoms with Crippen LogP contribution in [0.25, 0.3) is 113 Å². The fourth-order valence-corrected chi connectivity index (χ4v) is 25.5. The Morgan fingerprint density at radius 2 is 0.489 bits per heavy atom. The number of H-pyrrole nitrogens is 2. The normalized spacial score (nSPS) is 12.8. The molecule has 5 heterocycles. The van der Waals surface area contributed by atoms with Crippen molar-refractivity contribution >= 4 is 62.5 Å². The SMILES string of the molecule is CC(C)[Si](C#Cc1ccc(-c2ccc(-c3c4nc(c(-c5ccc(-c6ccc(C#C[Si](C(C)C)(C(C)C)C(C)C)cc6)cc5)c5ccc([nH]5)c(-c5ccc(C(C)(C)C)cc5)c5nc(c(-c6ccc(C(C)(C)C)cc6)c6ccc3[nH]6)C=C5)C=C4)cc2)cc1)(C(C)C)C(C)C. The topological polar surface area (TPSA) is 57.4 Å². The molecule has 2 N–H and O–H groups in total. The average molecular weight is 1240 g/mol. The van der Waals surface area contributed by atoms with Crippen LogP contribution in [0.2, 0.25) is 33.2 Å². The third kappa shape index (κ3) is 12.7. The van der Waals surface area contributed by atoms with E-state index in [1.54, 1.807) is 0 Å². The van der Waals surface area contributed by atoms with E-state index < -0.39 is 16.1 Å². The predicted molar refractivity (Wildman–Crippen MR) is 405 cm³/mol. The van der Waals surface area contributed by atoms with Crippen molar-refractivity contribution in [3.8, 4) is 89.7 Å². The highest BCUT2D eigenvalue weighted by atomic mass is 28.3. The molecule has 466 valence electrons. The van der Waals surface area contributed by atoms with Crippen molar-refractivity contribution in [2.75, 3.05) is 0 Å². The zero-order valence-electron chi connectivity index (χ0n) is 57.8. The van der Waals surface area contributed by atoms with Crippen LogP contribution in [0.1, 0.15) is 170 Å². The molecule has 2 aliphatic heterocycles. The van der Waals surface area contributed by atoms with Crippen molar-refractivity contribution in [1.29, 1.82) is 0 Å². The number of nitrogens with one attached hydrogen (secondary N) is 2. The van der Waals surface area contributed by atoms with Crippen LogP contribution in [0.3, 0.4) is 0 Å². The van der Waals surface area contributed by atoms with E-state index in [0.29, 0.717) is 33.2 Å². The number of nitrogens with zero attached hydrogens (tertiary/aromatic N) is 2. The standard InChI is InChI=1S/C86H94N4Si2/c1-55(2)91(56(3)4,57(5)6)53-51-61-19-23-63(24-20-61)65-27-31-67(32-28-65)81-73-43-44-74(87-73)82(68-33-29-66(30-34-68)64-25-21-62(22-26-64)52-54-92(58(7)8,59(9)10)60(11)12)76-46-48-78(89-76)84(70-37-41-72(42-38-70)86(16,17)18)80-50-49-79(90-80)83(77-47-45-75(81)88-77)69-35-39-71(40-36-69)85(13,14)15/h19-50,55-60,88-89H,1-18H3. The van der Waals surface area contributed by atoms with Crippen LogP contribution in [0.5, 0.6) is 0 Å². The first-order chi connectivity index (χ1) is 43.8. The van der Waals surface area contributed by atoms with Crippen LogP contribution >= 0.6 is 0 Å². The molecule has 6 aromatic carbocycles. The summed E-state index contributed by atoms with van der Waals surface area (Å²) in [6.45, 7) is 42.1. The van der Waals surface area contributed by atoms with Crippen molar-refractivity contribution < 1.29 is 0 Å². The maximum Gasteiger partial charge on any atom is 0.146 e. The first kappa shape index (κ1) is 65.0. The minimum Gasteiger partial charge on any atom is -0.354 e. The van der Waals surface area contributed by atoms with Gasteiger partial charge in [-0.2, -0.15) is 0 Å². The van der Waals surface area contributed by atoms with E-state index >= 15 is 0 Å². The van der Waals surface area contributed by atoms with Gasteiger partial charge in [-0.25, -0.2) is 9.97 Å². The number of aromatic amines is 2. The van der Waals surface area contributed by atoms with Gasteiger partial charge in [-0.3, -0.25) is 0 Å². The van der Waals surface area contributed by atoms with E-state index in [2.05, 4.69) is 352 Å². The molecule has 0 fully saturated rings. The van der Waals surface area contributed by atoms with Crippen molar-refractivity contribution in [1.82, 2.24) is 19.9 Å². The lowest BCUT2D eigenvalue weighted by atomic mass is 9.86. The van der Waals surface area contributed by atoms with Gasteiger partial charge in [-0.15, -0.1) is 11.1 Å². The molecule has 0 aliphatic carbocycles. The molecule has 0 spiro atoms. The second kappa shape index (κ2) is 25.9. The molecule has 6 heteroatoms. The van der Waals surface area contributed by atoms with Gasteiger partial charge in [0.25, 0.3) is 0 Å². The van der Waals surface area contributed by atoms with E-state index in [1.807, 2.05) is 0 Å². The third-order valence-corrected chi connectivity index (χ3v) is 32.8. The van der Waals surface area contributed by atoms with Gasteiger partial charge >= 0.3 is 0 Å². The molecule has 11 rings (SSSR count). The molecule has 0 amide bonds. The van der Waals surface area contributed by atoms with Crippen molar-refractivity contribution in [3.63, 3.8) is 0 Å². The molecule has 2 aliphatic rings. The van der Waals surface area contributed by atoms with Gasteiger partial charge in [0.2, 0.25) is 0 Å². The predicted octanol–water partition coefficient (Wildman–Crippen LogP) is 24.4. The second-order valence-corrected chi connectivity index (χ2v) is 40.9. The van der Waals surface area contributed by atoms with E-state index in [-0.39, 0.29) is 10.8 Å². The smallest absolute Gasteiger partial charge is 0.146 e. The maximum atomic E-state index is 5.71. The molecule has 3 aromatic heterocycles. The van der Waals surface area contributed by atoms with Gasteiger partial charge in [0.15, 0.2) is 0 Å². The lowest BCUT2D eigenvalue weighted by Crippen LogP contribution is -2.43. The molecule has 0 radical (unpaired) electrons. The summed E-state index contributed by atoms with van der Waals surface area (Å²) in [4.78, 5) is 19.4. The zero-order valence-corrected chi connectivity index (χ0v) is 59.8. The number of fused-ring (bicyclic) bond motifs is 8. The van der Waals surface area contributed by atoms with Gasteiger partial charge < -0.3 is 9.97 Å². The Labute approximate surface area is 552 Å².